The first-order chi connectivity index (χ1) is 8.72. The Balaban J connectivity index is 0.00000180. The molecule has 3 N–H and O–H groups in total. The van der Waals surface area contributed by atoms with Crippen LogP contribution in [0.3, 0.4) is 0 Å². The second-order valence-corrected chi connectivity index (χ2v) is 4.24. The molecule has 0 unspecified atom stereocenters. The predicted molar refractivity (Wildman–Crippen MR) is 76.4 cm³/mol. The van der Waals surface area contributed by atoms with Gasteiger partial charge in [-0.25, -0.2) is 0 Å². The molecule has 0 aliphatic carbocycles. The number of para-hydroxylation sites is 1. The van der Waals surface area contributed by atoms with Crippen molar-refractivity contribution in [3.63, 3.8) is 0 Å². The molecule has 1 aliphatic heterocycles. The van der Waals surface area contributed by atoms with Gasteiger partial charge in [-0.15, -0.1) is 12.4 Å². The molecule has 0 spiro atoms. The molecule has 0 fully saturated rings. The standard InChI is InChI=1S/C13H17N3O2.ClH/c14-7-5-12(17)15-9-13(18)16-8-6-10-3-1-2-4-11(10)16;/h1-4H,5-9,14H2,(H,15,17);1H. The molecule has 0 aromatic heterocycles. The van der Waals surface area contributed by atoms with Gasteiger partial charge in [0.1, 0.15) is 0 Å². The quantitative estimate of drug-likeness (QED) is 0.843. The number of anilines is 1. The van der Waals surface area contributed by atoms with E-state index in [-0.39, 0.29) is 37.2 Å². The molecule has 6 heteroatoms. The molecule has 0 atom stereocenters. The summed E-state index contributed by atoms with van der Waals surface area (Å²) in [6.07, 6.45) is 1.13. The molecule has 1 aromatic carbocycles. The number of hydrogen-bond acceptors (Lipinski definition) is 3. The molecule has 0 bridgehead atoms. The lowest BCUT2D eigenvalue weighted by Gasteiger charge is -2.17. The van der Waals surface area contributed by atoms with E-state index in [0.29, 0.717) is 13.1 Å². The lowest BCUT2D eigenvalue weighted by atomic mass is 10.2. The molecule has 1 aromatic rings. The third-order valence-corrected chi connectivity index (χ3v) is 3.00. The average molecular weight is 284 g/mol. The van der Waals surface area contributed by atoms with Crippen molar-refractivity contribution in [1.29, 1.82) is 0 Å². The maximum atomic E-state index is 12.0. The molecule has 1 heterocycles. The Hall–Kier alpha value is -1.59. The van der Waals surface area contributed by atoms with E-state index >= 15 is 0 Å². The highest BCUT2D eigenvalue weighted by molar-refractivity contribution is 5.98. The minimum atomic E-state index is -0.182. The van der Waals surface area contributed by atoms with Crippen molar-refractivity contribution in [1.82, 2.24) is 5.32 Å². The van der Waals surface area contributed by atoms with Crippen molar-refractivity contribution < 1.29 is 9.59 Å². The lowest BCUT2D eigenvalue weighted by Crippen LogP contribution is -2.39. The average Bonchev–Trinajstić information content (AvgIpc) is 2.80. The Morgan fingerprint density at radius 1 is 1.32 bits per heavy atom. The highest BCUT2D eigenvalue weighted by Crippen LogP contribution is 2.27. The SMILES string of the molecule is Cl.NCCC(=O)NCC(=O)N1CCc2ccccc21. The fraction of sp³-hybridized carbons (Fsp3) is 0.385. The van der Waals surface area contributed by atoms with E-state index in [0.717, 1.165) is 12.1 Å². The van der Waals surface area contributed by atoms with Crippen LogP contribution in [0, 0.1) is 0 Å². The number of halogens is 1. The molecular formula is C13H18ClN3O2. The van der Waals surface area contributed by atoms with Gasteiger partial charge >= 0.3 is 0 Å². The lowest BCUT2D eigenvalue weighted by molar-refractivity contribution is -0.124. The molecule has 2 rings (SSSR count). The molecular weight excluding hydrogens is 266 g/mol. The van der Waals surface area contributed by atoms with Crippen molar-refractivity contribution in [3.05, 3.63) is 29.8 Å². The fourth-order valence-electron chi connectivity index (χ4n) is 2.09. The monoisotopic (exact) mass is 283 g/mol. The highest BCUT2D eigenvalue weighted by Gasteiger charge is 2.23. The highest BCUT2D eigenvalue weighted by atomic mass is 35.5. The maximum absolute atomic E-state index is 12.0. The topological polar surface area (TPSA) is 75.4 Å². The predicted octanol–water partition coefficient (Wildman–Crippen LogP) is 0.463. The number of hydrogen-bond donors (Lipinski definition) is 2. The molecule has 0 saturated heterocycles. The van der Waals surface area contributed by atoms with E-state index in [1.54, 1.807) is 4.90 Å². The van der Waals surface area contributed by atoms with Crippen LogP contribution in [0.2, 0.25) is 0 Å². The largest absolute Gasteiger partial charge is 0.347 e. The third-order valence-electron chi connectivity index (χ3n) is 3.00. The minimum Gasteiger partial charge on any atom is -0.347 e. The summed E-state index contributed by atoms with van der Waals surface area (Å²) in [6.45, 7) is 1.02. The number of nitrogens with two attached hydrogens (primary N) is 1. The number of nitrogens with one attached hydrogen (secondary N) is 1. The van der Waals surface area contributed by atoms with Gasteiger partial charge in [-0.05, 0) is 18.1 Å². The number of carbonyl (C=O) groups excluding carboxylic acids is 2. The molecule has 2 amide bonds. The van der Waals surface area contributed by atoms with Crippen LogP contribution in [0.4, 0.5) is 5.69 Å². The van der Waals surface area contributed by atoms with E-state index in [1.807, 2.05) is 24.3 Å². The maximum Gasteiger partial charge on any atom is 0.246 e. The Kier molecular flexibility index (Phi) is 5.79. The van der Waals surface area contributed by atoms with Gasteiger partial charge in [0, 0.05) is 25.2 Å². The molecule has 19 heavy (non-hydrogen) atoms. The first kappa shape index (κ1) is 15.5. The Morgan fingerprint density at radius 3 is 2.79 bits per heavy atom. The van der Waals surface area contributed by atoms with Crippen molar-refractivity contribution in [2.45, 2.75) is 12.8 Å². The molecule has 0 saturated carbocycles. The number of nitrogens with zero attached hydrogens (tertiary/aromatic N) is 1. The molecule has 1 aliphatic rings. The Bertz CT molecular complexity index is 465. The fourth-order valence-corrected chi connectivity index (χ4v) is 2.09. The van der Waals surface area contributed by atoms with Gasteiger partial charge in [-0.1, -0.05) is 18.2 Å². The van der Waals surface area contributed by atoms with Gasteiger partial charge in [0.25, 0.3) is 0 Å². The van der Waals surface area contributed by atoms with Crippen LogP contribution in [-0.2, 0) is 16.0 Å². The van der Waals surface area contributed by atoms with E-state index in [2.05, 4.69) is 5.32 Å². The number of fused-ring (bicyclic) bond motifs is 1. The second kappa shape index (κ2) is 7.11. The number of rotatable bonds is 4. The van der Waals surface area contributed by atoms with E-state index < -0.39 is 0 Å². The first-order valence-corrected chi connectivity index (χ1v) is 6.07. The van der Waals surface area contributed by atoms with Gasteiger partial charge in [0.2, 0.25) is 11.8 Å². The first-order valence-electron chi connectivity index (χ1n) is 6.07. The van der Waals surface area contributed by atoms with Crippen LogP contribution in [0.5, 0.6) is 0 Å². The van der Waals surface area contributed by atoms with Crippen molar-refractivity contribution in [3.8, 4) is 0 Å². The zero-order valence-electron chi connectivity index (χ0n) is 10.6. The van der Waals surface area contributed by atoms with Crippen molar-refractivity contribution in [2.24, 2.45) is 5.73 Å². The van der Waals surface area contributed by atoms with Crippen LogP contribution in [0.1, 0.15) is 12.0 Å². The van der Waals surface area contributed by atoms with Gasteiger partial charge in [-0.3, -0.25) is 9.59 Å². The second-order valence-electron chi connectivity index (χ2n) is 4.24. The Morgan fingerprint density at radius 2 is 2.05 bits per heavy atom. The number of amides is 2. The molecule has 0 radical (unpaired) electrons. The summed E-state index contributed by atoms with van der Waals surface area (Å²) in [7, 11) is 0. The normalized spacial score (nSPS) is 12.6. The van der Waals surface area contributed by atoms with Crippen LogP contribution in [-0.4, -0.2) is 31.4 Å². The van der Waals surface area contributed by atoms with Crippen molar-refractivity contribution in [2.75, 3.05) is 24.5 Å². The summed E-state index contributed by atoms with van der Waals surface area (Å²) >= 11 is 0. The van der Waals surface area contributed by atoms with E-state index in [9.17, 15) is 9.59 Å². The van der Waals surface area contributed by atoms with Crippen LogP contribution in [0.25, 0.3) is 0 Å². The zero-order valence-corrected chi connectivity index (χ0v) is 11.4. The summed E-state index contributed by atoms with van der Waals surface area (Å²) in [6, 6.07) is 7.84. The van der Waals surface area contributed by atoms with E-state index in [4.69, 9.17) is 5.73 Å². The third kappa shape index (κ3) is 3.68. The molecule has 5 nitrogen and oxygen atoms in total. The number of benzene rings is 1. The van der Waals surface area contributed by atoms with Gasteiger partial charge in [0.15, 0.2) is 0 Å². The van der Waals surface area contributed by atoms with Crippen LogP contribution in [0.15, 0.2) is 24.3 Å². The van der Waals surface area contributed by atoms with Crippen LogP contribution >= 0.6 is 12.4 Å². The van der Waals surface area contributed by atoms with Crippen molar-refractivity contribution >= 4 is 29.9 Å². The summed E-state index contributed by atoms with van der Waals surface area (Å²) in [5.41, 5.74) is 7.40. The molecule has 104 valence electrons. The van der Waals surface area contributed by atoms with Gasteiger partial charge in [-0.2, -0.15) is 0 Å². The summed E-state index contributed by atoms with van der Waals surface area (Å²) in [5, 5.41) is 2.58. The van der Waals surface area contributed by atoms with Gasteiger partial charge < -0.3 is 16.0 Å². The summed E-state index contributed by atoms with van der Waals surface area (Å²) < 4.78 is 0. The smallest absolute Gasteiger partial charge is 0.246 e. The van der Waals surface area contributed by atoms with Crippen LogP contribution < -0.4 is 16.0 Å². The van der Waals surface area contributed by atoms with Gasteiger partial charge in [0.05, 0.1) is 6.54 Å². The Labute approximate surface area is 118 Å². The number of carbonyl (C=O) groups is 2. The summed E-state index contributed by atoms with van der Waals surface area (Å²) in [5.74, 6) is -0.261. The summed E-state index contributed by atoms with van der Waals surface area (Å²) in [4.78, 5) is 25.0. The minimum absolute atomic E-state index is 0. The zero-order chi connectivity index (χ0) is 13.0. The van der Waals surface area contributed by atoms with E-state index in [1.165, 1.54) is 5.56 Å².